The second-order valence-corrected chi connectivity index (χ2v) is 6.77. The Labute approximate surface area is 128 Å². The van der Waals surface area contributed by atoms with Gasteiger partial charge in [-0.25, -0.2) is 10.8 Å². The van der Waals surface area contributed by atoms with Crippen molar-refractivity contribution in [3.63, 3.8) is 0 Å². The molecule has 2 heterocycles. The molecule has 3 rings (SSSR count). The molecular weight excluding hydrogens is 286 g/mol. The third kappa shape index (κ3) is 2.45. The third-order valence-electron chi connectivity index (χ3n) is 4.31. The molecule has 4 N–H and O–H groups in total. The second-order valence-electron chi connectivity index (χ2n) is 5.88. The fourth-order valence-corrected chi connectivity index (χ4v) is 3.57. The van der Waals surface area contributed by atoms with E-state index in [4.69, 9.17) is 10.6 Å². The van der Waals surface area contributed by atoms with Crippen LogP contribution in [0.25, 0.3) is 10.2 Å². The topological polar surface area (TPSA) is 85.1 Å². The first-order chi connectivity index (χ1) is 10.1. The van der Waals surface area contributed by atoms with Crippen LogP contribution in [-0.4, -0.2) is 28.7 Å². The highest BCUT2D eigenvalue weighted by atomic mass is 32.1. The summed E-state index contributed by atoms with van der Waals surface area (Å²) in [6, 6.07) is 2.37. The first kappa shape index (κ1) is 14.5. The van der Waals surface area contributed by atoms with E-state index in [0.717, 1.165) is 29.1 Å². The normalized spacial score (nSPS) is 23.8. The molecule has 0 radical (unpaired) electrons. The lowest BCUT2D eigenvalue weighted by Gasteiger charge is -2.51. The molecule has 0 aliphatic heterocycles. The van der Waals surface area contributed by atoms with Gasteiger partial charge in [0.05, 0.1) is 11.5 Å². The Kier molecular flexibility index (Phi) is 3.73. The number of nitrogens with zero attached hydrogens (tertiary/aromatic N) is 2. The van der Waals surface area contributed by atoms with Gasteiger partial charge in [-0.2, -0.15) is 4.98 Å². The van der Waals surface area contributed by atoms with E-state index < -0.39 is 0 Å². The van der Waals surface area contributed by atoms with Crippen LogP contribution in [0.15, 0.2) is 11.4 Å². The smallest absolute Gasteiger partial charge is 0.240 e. The molecule has 1 aliphatic rings. The fourth-order valence-electron chi connectivity index (χ4n) is 2.81. The van der Waals surface area contributed by atoms with Crippen molar-refractivity contribution in [2.24, 2.45) is 11.3 Å². The van der Waals surface area contributed by atoms with Gasteiger partial charge in [0, 0.05) is 18.1 Å². The van der Waals surface area contributed by atoms with E-state index >= 15 is 0 Å². The SMILES string of the molecule is CCOC1CC(Nc2nc(NN)nc3sccc23)C1(C)C. The Morgan fingerprint density at radius 3 is 2.95 bits per heavy atom. The molecule has 0 amide bonds. The second kappa shape index (κ2) is 5.40. The van der Waals surface area contributed by atoms with Gasteiger partial charge < -0.3 is 10.1 Å². The van der Waals surface area contributed by atoms with Crippen molar-refractivity contribution in [3.8, 4) is 0 Å². The van der Waals surface area contributed by atoms with Crippen molar-refractivity contribution in [2.75, 3.05) is 17.3 Å². The summed E-state index contributed by atoms with van der Waals surface area (Å²) in [5, 5.41) is 6.59. The van der Waals surface area contributed by atoms with E-state index in [1.165, 1.54) is 0 Å². The summed E-state index contributed by atoms with van der Waals surface area (Å²) >= 11 is 1.58. The molecule has 114 valence electrons. The number of thiophene rings is 1. The van der Waals surface area contributed by atoms with Gasteiger partial charge in [0.25, 0.3) is 0 Å². The standard InChI is InChI=1S/C14H21N5OS/c1-4-20-10-7-9(14(10,2)3)16-11-8-5-6-21-12(8)18-13(17-11)19-15/h5-6,9-10H,4,7,15H2,1-3H3,(H2,16,17,18,19). The number of fused-ring (bicyclic) bond motifs is 1. The molecule has 1 fully saturated rings. The van der Waals surface area contributed by atoms with Gasteiger partial charge in [-0.15, -0.1) is 11.3 Å². The van der Waals surface area contributed by atoms with Gasteiger partial charge in [-0.1, -0.05) is 13.8 Å². The van der Waals surface area contributed by atoms with Crippen LogP contribution >= 0.6 is 11.3 Å². The lowest BCUT2D eigenvalue weighted by molar-refractivity contribution is -0.0976. The summed E-state index contributed by atoms with van der Waals surface area (Å²) in [6.07, 6.45) is 1.29. The number of nitrogens with two attached hydrogens (primary N) is 1. The van der Waals surface area contributed by atoms with Crippen LogP contribution in [-0.2, 0) is 4.74 Å². The number of nitrogen functional groups attached to an aromatic ring is 1. The van der Waals surface area contributed by atoms with Gasteiger partial charge >= 0.3 is 0 Å². The van der Waals surface area contributed by atoms with Crippen LogP contribution in [0.5, 0.6) is 0 Å². The maximum Gasteiger partial charge on any atom is 0.240 e. The first-order valence-corrected chi connectivity index (χ1v) is 8.04. The molecule has 0 saturated heterocycles. The molecule has 1 aliphatic carbocycles. The monoisotopic (exact) mass is 307 g/mol. The van der Waals surface area contributed by atoms with E-state index in [1.807, 2.05) is 18.4 Å². The lowest BCUT2D eigenvalue weighted by Crippen LogP contribution is -2.58. The van der Waals surface area contributed by atoms with E-state index in [2.05, 4.69) is 34.6 Å². The number of hydrogen-bond acceptors (Lipinski definition) is 7. The molecule has 0 bridgehead atoms. The Balaban J connectivity index is 1.84. The Morgan fingerprint density at radius 1 is 1.48 bits per heavy atom. The largest absolute Gasteiger partial charge is 0.378 e. The van der Waals surface area contributed by atoms with Crippen LogP contribution in [0.3, 0.4) is 0 Å². The van der Waals surface area contributed by atoms with Crippen molar-refractivity contribution < 1.29 is 4.74 Å². The van der Waals surface area contributed by atoms with E-state index in [9.17, 15) is 0 Å². The number of aromatic nitrogens is 2. The van der Waals surface area contributed by atoms with E-state index in [0.29, 0.717) is 18.1 Å². The van der Waals surface area contributed by atoms with Crippen molar-refractivity contribution in [1.82, 2.24) is 9.97 Å². The van der Waals surface area contributed by atoms with Crippen molar-refractivity contribution in [1.29, 1.82) is 0 Å². The minimum atomic E-state index is 0.0829. The van der Waals surface area contributed by atoms with Gasteiger partial charge in [0.15, 0.2) is 0 Å². The van der Waals surface area contributed by atoms with E-state index in [-0.39, 0.29) is 5.41 Å². The van der Waals surface area contributed by atoms with Gasteiger partial charge in [-0.3, -0.25) is 5.43 Å². The molecular formula is C14H21N5OS. The zero-order valence-electron chi connectivity index (χ0n) is 12.5. The summed E-state index contributed by atoms with van der Waals surface area (Å²) in [7, 11) is 0. The van der Waals surface area contributed by atoms with Crippen molar-refractivity contribution >= 4 is 33.3 Å². The molecule has 0 aromatic carbocycles. The predicted molar refractivity (Wildman–Crippen MR) is 86.4 cm³/mol. The number of nitrogens with one attached hydrogen (secondary N) is 2. The van der Waals surface area contributed by atoms with Crippen molar-refractivity contribution in [3.05, 3.63) is 11.4 Å². The van der Waals surface area contributed by atoms with Crippen LogP contribution in [0, 0.1) is 5.41 Å². The molecule has 2 atom stereocenters. The molecule has 2 unspecified atom stereocenters. The van der Waals surface area contributed by atoms with Gasteiger partial charge in [0.1, 0.15) is 10.6 Å². The van der Waals surface area contributed by atoms with Crippen LogP contribution in [0.4, 0.5) is 11.8 Å². The van der Waals surface area contributed by atoms with Crippen LogP contribution in [0.1, 0.15) is 27.2 Å². The Bertz CT molecular complexity index is 641. The van der Waals surface area contributed by atoms with E-state index in [1.54, 1.807) is 11.3 Å². The summed E-state index contributed by atoms with van der Waals surface area (Å²) in [5.41, 5.74) is 2.61. The molecule has 1 saturated carbocycles. The maximum atomic E-state index is 5.78. The highest BCUT2D eigenvalue weighted by molar-refractivity contribution is 7.16. The Hall–Kier alpha value is -1.44. The zero-order valence-corrected chi connectivity index (χ0v) is 13.3. The third-order valence-corrected chi connectivity index (χ3v) is 5.12. The molecule has 21 heavy (non-hydrogen) atoms. The van der Waals surface area contributed by atoms with Crippen LogP contribution < -0.4 is 16.6 Å². The predicted octanol–water partition coefficient (Wildman–Crippen LogP) is 2.59. The quantitative estimate of drug-likeness (QED) is 0.581. The highest BCUT2D eigenvalue weighted by Gasteiger charge is 2.49. The molecule has 7 heteroatoms. The summed E-state index contributed by atoms with van der Waals surface area (Å²) in [4.78, 5) is 9.74. The number of hydrazine groups is 1. The van der Waals surface area contributed by atoms with Gasteiger partial charge in [0.2, 0.25) is 5.95 Å². The number of hydrogen-bond donors (Lipinski definition) is 3. The zero-order chi connectivity index (χ0) is 15.0. The lowest BCUT2D eigenvalue weighted by atomic mass is 9.64. The molecule has 2 aromatic heterocycles. The number of rotatable bonds is 5. The summed E-state index contributed by atoms with van der Waals surface area (Å²) < 4.78 is 5.78. The molecule has 0 spiro atoms. The fraction of sp³-hybridized carbons (Fsp3) is 0.571. The van der Waals surface area contributed by atoms with Gasteiger partial charge in [-0.05, 0) is 24.8 Å². The minimum Gasteiger partial charge on any atom is -0.378 e. The average molecular weight is 307 g/mol. The average Bonchev–Trinajstić information content (AvgIpc) is 2.94. The van der Waals surface area contributed by atoms with Crippen LogP contribution in [0.2, 0.25) is 0 Å². The summed E-state index contributed by atoms with van der Waals surface area (Å²) in [6.45, 7) is 7.24. The van der Waals surface area contributed by atoms with Crippen molar-refractivity contribution in [2.45, 2.75) is 39.3 Å². The molecule has 2 aromatic rings. The maximum absolute atomic E-state index is 5.78. The number of anilines is 2. The Morgan fingerprint density at radius 2 is 2.29 bits per heavy atom. The molecule has 6 nitrogen and oxygen atoms in total. The number of ether oxygens (including phenoxy) is 1. The minimum absolute atomic E-state index is 0.0829. The highest BCUT2D eigenvalue weighted by Crippen LogP contribution is 2.44. The first-order valence-electron chi connectivity index (χ1n) is 7.16. The summed E-state index contributed by atoms with van der Waals surface area (Å²) in [5.74, 6) is 6.72.